The van der Waals surface area contributed by atoms with Gasteiger partial charge in [-0.3, -0.25) is 0 Å². The van der Waals surface area contributed by atoms with Crippen molar-refractivity contribution in [2.24, 2.45) is 0 Å². The van der Waals surface area contributed by atoms with E-state index in [-0.39, 0.29) is 0 Å². The van der Waals surface area contributed by atoms with Crippen molar-refractivity contribution in [3.8, 4) is 0 Å². The molecular formula is H17O26P7. The second-order valence-electron chi connectivity index (χ2n) is 3.67. The molecule has 0 aliphatic carbocycles. The van der Waals surface area contributed by atoms with Gasteiger partial charge in [-0.05, 0) is 0 Å². The van der Waals surface area contributed by atoms with Crippen molar-refractivity contribution in [3.63, 3.8) is 0 Å². The molecule has 0 rings (SSSR count). The quantitative estimate of drug-likeness (QED) is 0.128. The first-order valence-electron chi connectivity index (χ1n) is 5.41. The molecule has 33 heavy (non-hydrogen) atoms. The highest BCUT2D eigenvalue weighted by Gasteiger charge is 2.28. The van der Waals surface area contributed by atoms with E-state index in [1.54, 1.807) is 0 Å². The molecule has 0 aliphatic heterocycles. The molecule has 208 valence electrons. The predicted molar refractivity (Wildman–Crippen MR) is 93.1 cm³/mol. The average molecular weight is 650 g/mol. The maximum Gasteiger partial charge on any atom is 0.478 e. The van der Waals surface area contributed by atoms with Crippen LogP contribution in [0.3, 0.4) is 0 Å². The Labute approximate surface area is 179 Å². The minimum absolute atomic E-state index is 2.96. The van der Waals surface area contributed by atoms with Gasteiger partial charge in [-0.1, -0.05) is 0 Å². The predicted octanol–water partition coefficient (Wildman–Crippen LogP) is -4.41. The third-order valence-corrected chi connectivity index (χ3v) is 3.83. The minimum Gasteiger partial charge on any atom is -0.303 e. The summed E-state index contributed by atoms with van der Waals surface area (Å²) in [7, 11) is -34.1. The molecule has 0 saturated carbocycles. The van der Waals surface area contributed by atoms with Crippen LogP contribution in [0.15, 0.2) is 0 Å². The Hall–Kier alpha value is 0.850. The molecule has 0 aromatic carbocycles. The van der Waals surface area contributed by atoms with E-state index < -0.39 is 54.8 Å². The van der Waals surface area contributed by atoms with Crippen LogP contribution in [-0.4, -0.2) is 83.2 Å². The van der Waals surface area contributed by atoms with Crippen molar-refractivity contribution < 1.29 is 124 Å². The van der Waals surface area contributed by atoms with Crippen LogP contribution in [0.5, 0.6) is 0 Å². The third kappa shape index (κ3) is 189. The molecule has 0 unspecified atom stereocenters. The Kier molecular flexibility index (Phi) is 22.0. The number of rotatable bonds is 4. The van der Waals surface area contributed by atoms with Gasteiger partial charge >= 0.3 is 54.8 Å². The molecule has 17 N–H and O–H groups in total. The second kappa shape index (κ2) is 16.6. The fourth-order valence-corrected chi connectivity index (χ4v) is 2.49. The summed E-state index contributed by atoms with van der Waals surface area (Å²) in [6.45, 7) is 0. The summed E-state index contributed by atoms with van der Waals surface area (Å²) < 4.78 is 71.1. The fraction of sp³-hybridized carbons (Fsp3) is 0. The molecule has 0 radical (unpaired) electrons. The van der Waals surface area contributed by atoms with Crippen LogP contribution < -0.4 is 0 Å². The van der Waals surface area contributed by atoms with Gasteiger partial charge in [0.05, 0.1) is 0 Å². The molecular weight excluding hydrogens is 633 g/mol. The average Bonchev–Trinajstić information content (AvgIpc) is 2.07. The Balaban J connectivity index is -0.000000102. The monoisotopic (exact) mass is 650 g/mol. The first-order valence-corrected chi connectivity index (χ1v) is 16.2. The van der Waals surface area contributed by atoms with Crippen molar-refractivity contribution >= 4 is 54.8 Å². The molecule has 0 spiro atoms. The first-order chi connectivity index (χ1) is 13.4. The molecule has 0 heterocycles. The van der Waals surface area contributed by atoms with E-state index in [1.807, 2.05) is 0 Å². The highest BCUT2D eigenvalue weighted by Crippen LogP contribution is 2.54. The normalized spacial score (nSPS) is 12.9. The number of hydrogen-bond donors (Lipinski definition) is 17. The maximum absolute atomic E-state index is 9.63. The summed E-state index contributed by atoms with van der Waals surface area (Å²) >= 11 is 0. The van der Waals surface area contributed by atoms with Crippen LogP contribution in [0.25, 0.3) is 0 Å². The van der Waals surface area contributed by atoms with Gasteiger partial charge in [-0.15, -0.1) is 0 Å². The Morgan fingerprint density at radius 3 is 0.333 bits per heavy atom. The van der Waals surface area contributed by atoms with E-state index in [0.717, 1.165) is 0 Å². The largest absolute Gasteiger partial charge is 0.478 e. The number of phosphoric acid groups is 7. The smallest absolute Gasteiger partial charge is 0.303 e. The van der Waals surface area contributed by atoms with E-state index >= 15 is 0 Å². The molecule has 0 atom stereocenters. The lowest BCUT2D eigenvalue weighted by Crippen LogP contribution is -1.84. The van der Waals surface area contributed by atoms with Gasteiger partial charge in [-0.2, -0.15) is 8.62 Å². The zero-order valence-corrected chi connectivity index (χ0v) is 20.7. The van der Waals surface area contributed by atoms with E-state index in [1.165, 1.54) is 0 Å². The summed E-state index contributed by atoms with van der Waals surface area (Å²) in [4.78, 5) is 127. The molecule has 0 aromatic rings. The molecule has 0 aliphatic rings. The molecule has 0 aromatic heterocycles. The van der Waals surface area contributed by atoms with Gasteiger partial charge in [0, 0.05) is 0 Å². The summed E-state index contributed by atoms with van der Waals surface area (Å²) in [6, 6.07) is 0. The van der Waals surface area contributed by atoms with E-state index in [0.29, 0.717) is 0 Å². The highest BCUT2D eigenvalue weighted by molar-refractivity contribution is 7.60. The van der Waals surface area contributed by atoms with Gasteiger partial charge in [-0.25, -0.2) is 32.0 Å². The molecule has 33 heteroatoms. The van der Waals surface area contributed by atoms with E-state index in [2.05, 4.69) is 8.62 Å². The fourth-order valence-electron chi connectivity index (χ4n) is 0.277. The molecule has 0 fully saturated rings. The van der Waals surface area contributed by atoms with Crippen LogP contribution in [0.1, 0.15) is 0 Å². The first kappa shape index (κ1) is 43.9. The Bertz CT molecular complexity index is 675. The second-order valence-corrected chi connectivity index (χ2v) is 12.0. The Morgan fingerprint density at radius 2 is 0.333 bits per heavy atom. The lowest BCUT2D eigenvalue weighted by molar-refractivity contribution is 0.221. The van der Waals surface area contributed by atoms with Crippen LogP contribution in [-0.2, 0) is 40.6 Å². The van der Waals surface area contributed by atoms with Crippen molar-refractivity contribution in [2.75, 3.05) is 0 Å². The van der Waals surface area contributed by atoms with Gasteiger partial charge in [0.25, 0.3) is 0 Å². The standard InChI is InChI=1S/2H4O7P2.3H3O4P/c2*1-8(2,3)7-9(4,5)6;3*1-5(2,3)4/h2*(H2,1,2,3)(H2,4,5,6);3*(H3,1,2,3,4). The molecule has 26 nitrogen and oxygen atoms in total. The van der Waals surface area contributed by atoms with Crippen molar-refractivity contribution in [1.29, 1.82) is 0 Å². The van der Waals surface area contributed by atoms with Crippen molar-refractivity contribution in [2.45, 2.75) is 0 Å². The lowest BCUT2D eigenvalue weighted by atomic mass is 15.7. The van der Waals surface area contributed by atoms with Crippen LogP contribution in [0.4, 0.5) is 0 Å². The zero-order valence-electron chi connectivity index (χ0n) is 14.4. The molecule has 0 bridgehead atoms. The SMILES string of the molecule is O=P(O)(O)O.O=P(O)(O)O.O=P(O)(O)O.O=P(O)(O)OP(=O)(O)O.O=P(O)(O)OP(=O)(O)O. The summed E-state index contributed by atoms with van der Waals surface area (Å²) in [6.07, 6.45) is 0. The lowest BCUT2D eigenvalue weighted by Gasteiger charge is -2.03. The van der Waals surface area contributed by atoms with Crippen LogP contribution in [0.2, 0.25) is 0 Å². The van der Waals surface area contributed by atoms with E-state index in [4.69, 9.17) is 96.9 Å². The summed E-state index contributed by atoms with van der Waals surface area (Å²) in [5, 5.41) is 0. The summed E-state index contributed by atoms with van der Waals surface area (Å²) in [5.41, 5.74) is 0. The minimum atomic E-state index is -5.05. The zero-order chi connectivity index (χ0) is 28.9. The third-order valence-electron chi connectivity index (χ3n) is 0.425. The molecule has 0 saturated heterocycles. The summed E-state index contributed by atoms with van der Waals surface area (Å²) in [5.74, 6) is 0. The highest BCUT2D eigenvalue weighted by atomic mass is 31.3. The maximum atomic E-state index is 9.63. The molecule has 0 amide bonds. The van der Waals surface area contributed by atoms with Gasteiger partial charge in [0.1, 0.15) is 0 Å². The van der Waals surface area contributed by atoms with Crippen LogP contribution >= 0.6 is 54.8 Å². The van der Waals surface area contributed by atoms with Gasteiger partial charge in [0.2, 0.25) is 0 Å². The number of hydrogen-bond acceptors (Lipinski definition) is 9. The Morgan fingerprint density at radius 1 is 0.273 bits per heavy atom. The topological polar surface area (TPSA) is 482 Å². The van der Waals surface area contributed by atoms with Crippen molar-refractivity contribution in [1.82, 2.24) is 0 Å². The van der Waals surface area contributed by atoms with Crippen molar-refractivity contribution in [3.05, 3.63) is 0 Å². The van der Waals surface area contributed by atoms with Crippen LogP contribution in [0, 0.1) is 0 Å². The van der Waals surface area contributed by atoms with E-state index in [9.17, 15) is 18.3 Å². The van der Waals surface area contributed by atoms with Gasteiger partial charge in [0.15, 0.2) is 0 Å². The van der Waals surface area contributed by atoms with Gasteiger partial charge < -0.3 is 83.2 Å².